The molecule has 14 rings (SSSR count). The maximum atomic E-state index is 2.49. The Kier molecular flexibility index (Phi) is 7.45. The first-order valence-electron chi connectivity index (χ1n) is 21.6. The molecule has 0 bridgehead atoms. The Morgan fingerprint density at radius 3 is 1.86 bits per heavy atom. The quantitative estimate of drug-likeness (QED) is 0.174. The molecule has 1 aliphatic heterocycles. The smallest absolute Gasteiger partial charge is 0.0735 e. The first-order valence-corrected chi connectivity index (χ1v) is 23.2. The van der Waals surface area contributed by atoms with E-state index >= 15 is 0 Å². The average molecular weight is 837 g/mol. The van der Waals surface area contributed by atoms with Crippen molar-refractivity contribution >= 4 is 92.9 Å². The van der Waals surface area contributed by atoms with Gasteiger partial charge in [0, 0.05) is 57.5 Å². The van der Waals surface area contributed by atoms with E-state index in [0.29, 0.717) is 0 Å². The molecular formula is C59H36N2S2. The van der Waals surface area contributed by atoms with Crippen LogP contribution in [0, 0.1) is 0 Å². The van der Waals surface area contributed by atoms with Crippen LogP contribution in [0.4, 0.5) is 17.1 Å². The highest BCUT2D eigenvalue weighted by Gasteiger charge is 2.48. The molecule has 10 aromatic carbocycles. The summed E-state index contributed by atoms with van der Waals surface area (Å²) in [6.07, 6.45) is 0. The van der Waals surface area contributed by atoms with Crippen LogP contribution >= 0.6 is 23.1 Å². The van der Waals surface area contributed by atoms with Gasteiger partial charge in [0.2, 0.25) is 0 Å². The lowest BCUT2D eigenvalue weighted by atomic mass is 9.59. The summed E-state index contributed by atoms with van der Waals surface area (Å²) < 4.78 is 5.10. The molecule has 4 heteroatoms. The highest BCUT2D eigenvalue weighted by Crippen LogP contribution is 2.62. The number of para-hydroxylation sites is 2. The second-order valence-corrected chi connectivity index (χ2v) is 18.9. The molecule has 0 N–H and O–H groups in total. The van der Waals surface area contributed by atoms with Gasteiger partial charge < -0.3 is 9.47 Å². The van der Waals surface area contributed by atoms with Crippen LogP contribution < -0.4 is 4.90 Å². The van der Waals surface area contributed by atoms with Crippen molar-refractivity contribution in [3.63, 3.8) is 0 Å². The lowest BCUT2D eigenvalue weighted by molar-refractivity contribution is 0.707. The molecule has 294 valence electrons. The molecule has 12 aromatic rings. The van der Waals surface area contributed by atoms with Crippen LogP contribution in [0.3, 0.4) is 0 Å². The van der Waals surface area contributed by atoms with Gasteiger partial charge in [-0.1, -0.05) is 157 Å². The molecule has 0 fully saturated rings. The highest BCUT2D eigenvalue weighted by atomic mass is 32.2. The number of benzene rings is 10. The molecule has 0 saturated carbocycles. The van der Waals surface area contributed by atoms with Gasteiger partial charge in [-0.15, -0.1) is 11.3 Å². The van der Waals surface area contributed by atoms with E-state index in [1.807, 2.05) is 23.1 Å². The van der Waals surface area contributed by atoms with E-state index in [9.17, 15) is 0 Å². The number of hydrogen-bond acceptors (Lipinski definition) is 3. The van der Waals surface area contributed by atoms with Crippen LogP contribution in [0.5, 0.6) is 0 Å². The fourth-order valence-electron chi connectivity index (χ4n) is 11.2. The Labute approximate surface area is 372 Å². The van der Waals surface area contributed by atoms with Crippen LogP contribution in [0.25, 0.3) is 69.6 Å². The average Bonchev–Trinajstić information content (AvgIpc) is 3.89. The number of nitrogens with zero attached hydrogens (tertiary/aromatic N) is 2. The molecule has 0 unspecified atom stereocenters. The summed E-state index contributed by atoms with van der Waals surface area (Å²) in [5.41, 5.74) is 14.4. The second kappa shape index (κ2) is 13.3. The second-order valence-electron chi connectivity index (χ2n) is 16.7. The largest absolute Gasteiger partial charge is 0.310 e. The van der Waals surface area contributed by atoms with E-state index in [1.54, 1.807) is 0 Å². The van der Waals surface area contributed by atoms with Crippen molar-refractivity contribution in [3.8, 4) is 16.8 Å². The number of hydrogen-bond donors (Lipinski definition) is 0. The van der Waals surface area contributed by atoms with Gasteiger partial charge in [-0.25, -0.2) is 0 Å². The summed E-state index contributed by atoms with van der Waals surface area (Å²) in [4.78, 5) is 5.10. The van der Waals surface area contributed by atoms with Crippen molar-refractivity contribution in [1.29, 1.82) is 0 Å². The molecule has 1 aliphatic carbocycles. The van der Waals surface area contributed by atoms with Gasteiger partial charge in [0.25, 0.3) is 0 Å². The van der Waals surface area contributed by atoms with E-state index in [2.05, 4.69) is 228 Å². The Balaban J connectivity index is 1.05. The Bertz CT molecular complexity index is 3810. The molecule has 2 aromatic heterocycles. The zero-order valence-corrected chi connectivity index (χ0v) is 35.6. The summed E-state index contributed by atoms with van der Waals surface area (Å²) >= 11 is 3.76. The lowest BCUT2D eigenvalue weighted by Gasteiger charge is -2.46. The van der Waals surface area contributed by atoms with Crippen molar-refractivity contribution < 1.29 is 0 Å². The van der Waals surface area contributed by atoms with Crippen LogP contribution in [0.2, 0.25) is 0 Å². The molecule has 1 spiro atoms. The number of fused-ring (bicyclic) bond motifs is 14. The molecule has 0 amide bonds. The van der Waals surface area contributed by atoms with Crippen LogP contribution in [0.15, 0.2) is 228 Å². The maximum Gasteiger partial charge on any atom is 0.0735 e. The number of aromatic nitrogens is 1. The third-order valence-corrected chi connectivity index (χ3v) is 15.9. The zero-order valence-electron chi connectivity index (χ0n) is 34.0. The molecule has 0 atom stereocenters. The van der Waals surface area contributed by atoms with Crippen LogP contribution in [0.1, 0.15) is 22.3 Å². The van der Waals surface area contributed by atoms with Crippen molar-refractivity contribution in [2.45, 2.75) is 15.2 Å². The summed E-state index contributed by atoms with van der Waals surface area (Å²) in [5, 5.41) is 7.61. The minimum Gasteiger partial charge on any atom is -0.310 e. The molecule has 2 aliphatic rings. The Morgan fingerprint density at radius 1 is 0.381 bits per heavy atom. The van der Waals surface area contributed by atoms with Crippen molar-refractivity contribution in [2.75, 3.05) is 4.90 Å². The SMILES string of the molecule is c1ccc(N(c2ccc3c(c2)c2ccccc2n3-c2cccc3sc4ccccc4c23)c2ccc3c4c(cccc24)C2(c4ccccc4Sc4ccccc42)c2ccccc2-3)cc1. The number of rotatable bonds is 4. The van der Waals surface area contributed by atoms with Gasteiger partial charge in [-0.05, 0) is 112 Å². The summed E-state index contributed by atoms with van der Waals surface area (Å²) in [7, 11) is 0. The first kappa shape index (κ1) is 35.2. The van der Waals surface area contributed by atoms with E-state index in [-0.39, 0.29) is 0 Å². The molecule has 3 heterocycles. The first-order chi connectivity index (χ1) is 31.3. The van der Waals surface area contributed by atoms with Crippen molar-refractivity contribution in [1.82, 2.24) is 4.57 Å². The predicted octanol–water partition coefficient (Wildman–Crippen LogP) is 16.6. The van der Waals surface area contributed by atoms with Gasteiger partial charge in [0.1, 0.15) is 0 Å². The lowest BCUT2D eigenvalue weighted by Crippen LogP contribution is -2.36. The minimum atomic E-state index is -0.491. The number of anilines is 3. The van der Waals surface area contributed by atoms with Gasteiger partial charge in [0.05, 0.1) is 27.8 Å². The summed E-state index contributed by atoms with van der Waals surface area (Å²) in [6, 6.07) is 81.6. The number of thiophene rings is 1. The van der Waals surface area contributed by atoms with E-state index in [0.717, 1.165) is 17.1 Å². The Morgan fingerprint density at radius 2 is 1.02 bits per heavy atom. The molecule has 63 heavy (non-hydrogen) atoms. The summed E-state index contributed by atoms with van der Waals surface area (Å²) in [5.74, 6) is 0. The Hall–Kier alpha value is -7.37. The van der Waals surface area contributed by atoms with Gasteiger partial charge in [-0.2, -0.15) is 0 Å². The molecular weight excluding hydrogens is 801 g/mol. The van der Waals surface area contributed by atoms with Crippen molar-refractivity contribution in [2.24, 2.45) is 0 Å². The van der Waals surface area contributed by atoms with Crippen molar-refractivity contribution in [3.05, 3.63) is 241 Å². The predicted molar refractivity (Wildman–Crippen MR) is 267 cm³/mol. The molecule has 2 nitrogen and oxygen atoms in total. The third-order valence-electron chi connectivity index (χ3n) is 13.6. The van der Waals surface area contributed by atoms with Gasteiger partial charge >= 0.3 is 0 Å². The van der Waals surface area contributed by atoms with Crippen LogP contribution in [-0.2, 0) is 5.41 Å². The van der Waals surface area contributed by atoms with E-state index in [1.165, 1.54) is 102 Å². The standard InChI is InChI=1S/C59H36N2S2/c1-2-16-37(17-3-1)60(38-32-34-51-44(36-38)40-19-5-10-26-49(40)61(51)52-27-15-31-56-58(52)43-20-6-11-28-53(43)62-56)50-35-33-41-39-18-4-7-22-45(39)59(48-25-14-21-42(50)57(41)48)46-23-8-12-29-54(46)63-55-30-13-9-24-47(55)59/h1-36H. The fraction of sp³-hybridized carbons (Fsp3) is 0.0169. The monoisotopic (exact) mass is 836 g/mol. The van der Waals surface area contributed by atoms with Gasteiger partial charge in [0.15, 0.2) is 0 Å². The maximum absolute atomic E-state index is 2.49. The third kappa shape index (κ3) is 4.80. The van der Waals surface area contributed by atoms with E-state index in [4.69, 9.17) is 0 Å². The molecule has 0 radical (unpaired) electrons. The topological polar surface area (TPSA) is 8.17 Å². The molecule has 0 saturated heterocycles. The fourth-order valence-corrected chi connectivity index (χ4v) is 13.5. The zero-order chi connectivity index (χ0) is 41.2. The highest BCUT2D eigenvalue weighted by molar-refractivity contribution is 7.99. The van der Waals surface area contributed by atoms with Gasteiger partial charge in [-0.3, -0.25) is 0 Å². The summed E-state index contributed by atoms with van der Waals surface area (Å²) in [6.45, 7) is 0. The minimum absolute atomic E-state index is 0.491. The van der Waals surface area contributed by atoms with Crippen LogP contribution in [-0.4, -0.2) is 4.57 Å². The normalized spacial score (nSPS) is 13.5. The van der Waals surface area contributed by atoms with E-state index < -0.39 is 5.41 Å².